The van der Waals surface area contributed by atoms with E-state index in [0.717, 1.165) is 11.4 Å². The summed E-state index contributed by atoms with van der Waals surface area (Å²) in [6.45, 7) is -0.876. The van der Waals surface area contributed by atoms with Crippen molar-refractivity contribution in [3.8, 4) is 5.75 Å². The Morgan fingerprint density at radius 2 is 2.12 bits per heavy atom. The van der Waals surface area contributed by atoms with Crippen molar-refractivity contribution in [3.63, 3.8) is 0 Å². The van der Waals surface area contributed by atoms with E-state index in [4.69, 9.17) is 27.9 Å². The summed E-state index contributed by atoms with van der Waals surface area (Å²) in [7, 11) is 0. The van der Waals surface area contributed by atoms with Crippen LogP contribution in [0.2, 0.25) is 10.0 Å². The monoisotopic (exact) mass is 386 g/mol. The number of hydrogen-bond acceptors (Lipinski definition) is 6. The quantitative estimate of drug-likeness (QED) is 0.281. The predicted molar refractivity (Wildman–Crippen MR) is 73.7 cm³/mol. The Hall–Kier alpha value is -2.20. The molecule has 0 aromatic heterocycles. The van der Waals surface area contributed by atoms with Gasteiger partial charge in [-0.05, 0) is 18.2 Å². The largest absolute Gasteiger partial charge is 0.599 e. The summed E-state index contributed by atoms with van der Waals surface area (Å²) < 4.78 is 48.7. The minimum Gasteiger partial charge on any atom is -0.599 e. The lowest BCUT2D eigenvalue weighted by Crippen LogP contribution is -2.56. The van der Waals surface area contributed by atoms with Crippen LogP contribution in [0.1, 0.15) is 5.56 Å². The fourth-order valence-electron chi connectivity index (χ4n) is 1.86. The van der Waals surface area contributed by atoms with Crippen molar-refractivity contribution in [2.75, 3.05) is 6.79 Å². The van der Waals surface area contributed by atoms with Crippen molar-refractivity contribution in [3.05, 3.63) is 38.5 Å². The van der Waals surface area contributed by atoms with E-state index in [1.165, 1.54) is 12.1 Å². The summed E-state index contributed by atoms with van der Waals surface area (Å²) >= 11 is 11.6. The molecule has 0 saturated heterocycles. The number of nitrogens with one attached hydrogen (secondary N) is 1. The molecule has 0 unspecified atom stereocenters. The average molecular weight is 387 g/mol. The molecule has 1 aliphatic heterocycles. The van der Waals surface area contributed by atoms with Crippen molar-refractivity contribution >= 4 is 35.2 Å². The molecule has 1 aromatic carbocycles. The van der Waals surface area contributed by atoms with Crippen LogP contribution in [0.5, 0.6) is 5.75 Å². The van der Waals surface area contributed by atoms with Crippen molar-refractivity contribution in [2.24, 2.45) is 5.28 Å². The number of halogens is 5. The third-order valence-corrected chi connectivity index (χ3v) is 3.24. The molecular weight excluding hydrogens is 380 g/mol. The van der Waals surface area contributed by atoms with Crippen LogP contribution < -0.4 is 10.0 Å². The lowest BCUT2D eigenvalue weighted by atomic mass is 10.0. The van der Waals surface area contributed by atoms with Gasteiger partial charge < -0.3 is 19.5 Å². The standard InChI is InChI=1S/C12H7Cl2F3N2O5/c13-6-1-5-2-7(11(20)22-4-23-19-18-21)10(12(15,16)17)24-9(5)8(14)3-6/h1-3,10,18H,4H2/t10-/m0/s1. The molecule has 0 spiro atoms. The lowest BCUT2D eigenvalue weighted by molar-refractivity contribution is -0.498. The van der Waals surface area contributed by atoms with E-state index in [0.29, 0.717) is 0 Å². The van der Waals surface area contributed by atoms with E-state index in [2.05, 4.69) is 14.9 Å². The number of rotatable bonds is 4. The van der Waals surface area contributed by atoms with E-state index < -0.39 is 30.6 Å². The normalized spacial score (nSPS) is 17.0. The number of benzene rings is 1. The topological polar surface area (TPSA) is 94.2 Å². The highest BCUT2D eigenvalue weighted by Crippen LogP contribution is 2.42. The van der Waals surface area contributed by atoms with Gasteiger partial charge in [0.05, 0.1) is 10.6 Å². The van der Waals surface area contributed by atoms with Crippen LogP contribution >= 0.6 is 23.2 Å². The van der Waals surface area contributed by atoms with Gasteiger partial charge in [0.15, 0.2) is 0 Å². The van der Waals surface area contributed by atoms with E-state index >= 15 is 0 Å². The first kappa shape index (κ1) is 18.1. The van der Waals surface area contributed by atoms with E-state index in [9.17, 15) is 23.2 Å². The number of ether oxygens (including phenoxy) is 2. The second kappa shape index (κ2) is 7.14. The molecule has 7 nitrogen and oxygen atoms in total. The number of hydrogen-bond donors (Lipinski definition) is 1. The van der Waals surface area contributed by atoms with Crippen molar-refractivity contribution in [1.82, 2.24) is 0 Å². The molecule has 12 heteroatoms. The first-order valence-corrected chi connectivity index (χ1v) is 6.80. The van der Waals surface area contributed by atoms with Gasteiger partial charge in [0.25, 0.3) is 6.79 Å². The lowest BCUT2D eigenvalue weighted by Gasteiger charge is -2.28. The Labute approximate surface area is 142 Å². The molecule has 130 valence electrons. The van der Waals surface area contributed by atoms with Gasteiger partial charge in [-0.25, -0.2) is 4.79 Å². The number of fused-ring (bicyclic) bond motifs is 1. The fourth-order valence-corrected chi connectivity index (χ4v) is 2.42. The molecule has 0 bridgehead atoms. The molecular formula is C12H7Cl2F3N2O5. The molecule has 0 radical (unpaired) electrons. The van der Waals surface area contributed by atoms with Crippen LogP contribution in [0.15, 0.2) is 23.0 Å². The predicted octanol–water partition coefficient (Wildman–Crippen LogP) is 2.16. The SMILES string of the molecule is O=C(OCO/N=[NH+]\[O-])C1=Cc2cc(Cl)cc(Cl)c2O[C@@H]1C(F)(F)F. The second-order valence-corrected chi connectivity index (χ2v) is 5.15. The maximum atomic E-state index is 13.2. The number of esters is 1. The first-order chi connectivity index (χ1) is 11.2. The molecule has 1 N–H and O–H groups in total. The summed E-state index contributed by atoms with van der Waals surface area (Å²) in [6.07, 6.45) is -6.60. The van der Waals surface area contributed by atoms with Gasteiger partial charge in [0.2, 0.25) is 11.4 Å². The zero-order chi connectivity index (χ0) is 17.9. The van der Waals surface area contributed by atoms with Crippen LogP contribution in [0.3, 0.4) is 0 Å². The van der Waals surface area contributed by atoms with Gasteiger partial charge in [0, 0.05) is 10.6 Å². The van der Waals surface area contributed by atoms with Crippen LogP contribution in [0.4, 0.5) is 13.2 Å². The van der Waals surface area contributed by atoms with Gasteiger partial charge in [-0.15, -0.1) is 0 Å². The number of alkyl halides is 3. The van der Waals surface area contributed by atoms with E-state index in [1.807, 2.05) is 0 Å². The Bertz CT molecular complexity index is 709. The molecule has 0 saturated carbocycles. The Morgan fingerprint density at radius 1 is 1.42 bits per heavy atom. The third-order valence-electron chi connectivity index (χ3n) is 2.74. The minimum atomic E-state index is -4.91. The van der Waals surface area contributed by atoms with Gasteiger partial charge in [-0.2, -0.15) is 13.2 Å². The van der Waals surface area contributed by atoms with Crippen LogP contribution in [-0.2, 0) is 14.4 Å². The maximum absolute atomic E-state index is 13.2. The summed E-state index contributed by atoms with van der Waals surface area (Å²) in [5.74, 6) is -1.64. The fraction of sp³-hybridized carbons (Fsp3) is 0.250. The summed E-state index contributed by atoms with van der Waals surface area (Å²) in [4.78, 5) is 16.0. The molecule has 0 fully saturated rings. The van der Waals surface area contributed by atoms with Crippen LogP contribution in [0.25, 0.3) is 6.08 Å². The zero-order valence-corrected chi connectivity index (χ0v) is 12.9. The molecule has 1 heterocycles. The number of carbonyl (C=O) groups is 1. The first-order valence-electron chi connectivity index (χ1n) is 6.04. The zero-order valence-electron chi connectivity index (χ0n) is 11.4. The van der Waals surface area contributed by atoms with Gasteiger partial charge in [-0.3, -0.25) is 0 Å². The van der Waals surface area contributed by atoms with Crippen LogP contribution in [0, 0.1) is 5.21 Å². The molecule has 1 atom stereocenters. The van der Waals surface area contributed by atoms with Crippen molar-refractivity contribution in [2.45, 2.75) is 12.3 Å². The molecule has 2 rings (SSSR count). The highest BCUT2D eigenvalue weighted by molar-refractivity contribution is 6.36. The number of nitrogens with zero attached hydrogens (tertiary/aromatic N) is 1. The van der Waals surface area contributed by atoms with Gasteiger partial charge in [-0.1, -0.05) is 28.5 Å². The van der Waals surface area contributed by atoms with Gasteiger partial charge >= 0.3 is 12.1 Å². The van der Waals surface area contributed by atoms with Crippen LogP contribution in [-0.4, -0.2) is 25.0 Å². The summed E-state index contributed by atoms with van der Waals surface area (Å²) in [6, 6.07) is 2.48. The Morgan fingerprint density at radius 3 is 2.75 bits per heavy atom. The molecule has 24 heavy (non-hydrogen) atoms. The molecule has 0 amide bonds. The summed E-state index contributed by atoms with van der Waals surface area (Å²) in [5, 5.41) is 13.4. The molecule has 1 aromatic rings. The van der Waals surface area contributed by atoms with E-state index in [-0.39, 0.29) is 21.4 Å². The Kier molecular flexibility index (Phi) is 5.40. The van der Waals surface area contributed by atoms with Crippen molar-refractivity contribution in [1.29, 1.82) is 0 Å². The second-order valence-electron chi connectivity index (χ2n) is 4.31. The minimum absolute atomic E-state index is 0.0757. The average Bonchev–Trinajstić information content (AvgIpc) is 2.49. The maximum Gasteiger partial charge on any atom is 0.430 e. The highest BCUT2D eigenvalue weighted by Gasteiger charge is 2.49. The smallest absolute Gasteiger partial charge is 0.430 e. The van der Waals surface area contributed by atoms with Gasteiger partial charge in [0.1, 0.15) is 5.75 Å². The third kappa shape index (κ3) is 4.01. The van der Waals surface area contributed by atoms with Crippen molar-refractivity contribution < 1.29 is 37.6 Å². The number of carbonyl (C=O) groups excluding carboxylic acids is 1. The van der Waals surface area contributed by atoms with E-state index in [1.54, 1.807) is 0 Å². The highest BCUT2D eigenvalue weighted by atomic mass is 35.5. The molecule has 0 aliphatic carbocycles. The Balaban J connectivity index is 2.36. The molecule has 1 aliphatic rings. The summed E-state index contributed by atoms with van der Waals surface area (Å²) in [5.41, 5.74) is -0.765.